The van der Waals surface area contributed by atoms with Crippen molar-refractivity contribution < 1.29 is 13.1 Å². The molecule has 0 amide bonds. The Balaban J connectivity index is 3.39. The molecule has 68 valence electrons. The lowest BCUT2D eigenvalue weighted by Gasteiger charge is -2.03. The van der Waals surface area contributed by atoms with Crippen molar-refractivity contribution in [2.45, 2.75) is 0 Å². The van der Waals surface area contributed by atoms with E-state index in [-0.39, 0.29) is 5.75 Å². The van der Waals surface area contributed by atoms with Gasteiger partial charge in [0.05, 0.1) is 26.1 Å². The Labute approximate surface area is 80.5 Å². The van der Waals surface area contributed by atoms with Crippen molar-refractivity contribution in [1.29, 1.82) is 0 Å². The summed E-state index contributed by atoms with van der Waals surface area (Å²) >= 11 is 7.80. The third kappa shape index (κ3) is 7.14. The van der Waals surface area contributed by atoms with Crippen molar-refractivity contribution >= 4 is 35.9 Å². The maximum atomic E-state index is 11.0. The highest BCUT2D eigenvalue weighted by Crippen LogP contribution is 1.91. The summed E-state index contributed by atoms with van der Waals surface area (Å²) in [5.74, 6) is 0.284. The molecule has 0 radical (unpaired) electrons. The maximum absolute atomic E-state index is 11.0. The van der Waals surface area contributed by atoms with Gasteiger partial charge in [0, 0.05) is 16.5 Å². The minimum absolute atomic E-state index is 0.284. The molecule has 6 heteroatoms. The number of hydrogen-bond acceptors (Lipinski definition) is 4. The van der Waals surface area contributed by atoms with E-state index in [2.05, 4.69) is 31.3 Å². The Kier molecular flexibility index (Phi) is 6.75. The lowest BCUT2D eigenvalue weighted by Crippen LogP contribution is -2.12. The summed E-state index contributed by atoms with van der Waals surface area (Å²) in [7, 11) is -1.16. The SMILES string of the molecule is COS(=O)(=S)CCOCCBr. The lowest BCUT2D eigenvalue weighted by molar-refractivity contribution is 0.166. The van der Waals surface area contributed by atoms with Crippen molar-refractivity contribution in [3.63, 3.8) is 0 Å². The van der Waals surface area contributed by atoms with Crippen LogP contribution in [-0.4, -0.2) is 35.6 Å². The van der Waals surface area contributed by atoms with Crippen LogP contribution in [0.5, 0.6) is 0 Å². The van der Waals surface area contributed by atoms with Crippen LogP contribution in [-0.2, 0) is 28.9 Å². The van der Waals surface area contributed by atoms with E-state index in [9.17, 15) is 4.21 Å². The Hall–Kier alpha value is 0.770. The summed E-state index contributed by atoms with van der Waals surface area (Å²) in [5, 5.41) is 0.776. The quantitative estimate of drug-likeness (QED) is 0.522. The van der Waals surface area contributed by atoms with Crippen molar-refractivity contribution in [3.8, 4) is 0 Å². The summed E-state index contributed by atoms with van der Waals surface area (Å²) < 4.78 is 20.6. The van der Waals surface area contributed by atoms with Crippen LogP contribution in [0.1, 0.15) is 0 Å². The fourth-order valence-electron chi connectivity index (χ4n) is 0.401. The second-order valence-electron chi connectivity index (χ2n) is 1.73. The molecule has 0 saturated carbocycles. The van der Waals surface area contributed by atoms with E-state index in [1.54, 1.807) is 0 Å². The van der Waals surface area contributed by atoms with Gasteiger partial charge in [0.1, 0.15) is 8.77 Å². The summed E-state index contributed by atoms with van der Waals surface area (Å²) in [4.78, 5) is 0. The number of ether oxygens (including phenoxy) is 1. The Morgan fingerprint density at radius 1 is 1.55 bits per heavy atom. The minimum Gasteiger partial charge on any atom is -0.380 e. The molecule has 1 atom stereocenters. The van der Waals surface area contributed by atoms with Crippen LogP contribution < -0.4 is 0 Å². The standard InChI is InChI=1S/C5H11BrO3S2/c1-8-11(7,10)5-4-9-3-2-6/h2-5H2,1H3. The first-order valence-electron chi connectivity index (χ1n) is 3.04. The summed E-state index contributed by atoms with van der Waals surface area (Å²) in [6, 6.07) is 0. The van der Waals surface area contributed by atoms with Gasteiger partial charge in [-0.2, -0.15) is 0 Å². The fraction of sp³-hybridized carbons (Fsp3) is 1.00. The Morgan fingerprint density at radius 3 is 2.64 bits per heavy atom. The number of rotatable bonds is 6. The first kappa shape index (κ1) is 11.8. The topological polar surface area (TPSA) is 35.5 Å². The van der Waals surface area contributed by atoms with Gasteiger partial charge in [-0.3, -0.25) is 4.18 Å². The van der Waals surface area contributed by atoms with Gasteiger partial charge in [0.15, 0.2) is 0 Å². The largest absolute Gasteiger partial charge is 0.380 e. The fourth-order valence-corrected chi connectivity index (χ4v) is 1.32. The minimum atomic E-state index is -2.51. The molecule has 0 aliphatic rings. The first-order chi connectivity index (χ1) is 5.12. The molecule has 0 rings (SSSR count). The third-order valence-electron chi connectivity index (χ3n) is 0.953. The molecule has 0 saturated heterocycles. The number of halogens is 1. The van der Waals surface area contributed by atoms with Crippen LogP contribution in [0.15, 0.2) is 0 Å². The van der Waals surface area contributed by atoms with Crippen LogP contribution >= 0.6 is 15.9 Å². The van der Waals surface area contributed by atoms with Gasteiger partial charge in [0.2, 0.25) is 0 Å². The highest BCUT2D eigenvalue weighted by molar-refractivity contribution is 9.09. The predicted octanol–water partition coefficient (Wildman–Crippen LogP) is 0.706. The summed E-state index contributed by atoms with van der Waals surface area (Å²) in [5.41, 5.74) is 0. The smallest absolute Gasteiger partial charge is 0.146 e. The molecule has 0 fully saturated rings. The molecule has 0 N–H and O–H groups in total. The zero-order chi connectivity index (χ0) is 8.74. The molecule has 0 aromatic heterocycles. The average Bonchev–Trinajstić information content (AvgIpc) is 1.99. The highest BCUT2D eigenvalue weighted by Gasteiger charge is 2.02. The van der Waals surface area contributed by atoms with Gasteiger partial charge in [-0.15, -0.1) is 0 Å². The molecule has 0 bridgehead atoms. The normalized spacial score (nSPS) is 16.2. The number of alkyl halides is 1. The van der Waals surface area contributed by atoms with Gasteiger partial charge in [-0.25, -0.2) is 4.21 Å². The Bertz CT molecular complexity index is 178. The molecule has 0 aromatic rings. The number of hydrogen-bond donors (Lipinski definition) is 0. The van der Waals surface area contributed by atoms with Gasteiger partial charge < -0.3 is 4.74 Å². The summed E-state index contributed by atoms with van der Waals surface area (Å²) in [6.07, 6.45) is 0. The first-order valence-corrected chi connectivity index (χ1v) is 6.74. The average molecular weight is 263 g/mol. The molecule has 1 unspecified atom stereocenters. The van der Waals surface area contributed by atoms with E-state index >= 15 is 0 Å². The highest BCUT2D eigenvalue weighted by atomic mass is 79.9. The molecule has 0 spiro atoms. The zero-order valence-corrected chi connectivity index (χ0v) is 9.47. The van der Waals surface area contributed by atoms with Gasteiger partial charge in [0.25, 0.3) is 0 Å². The second kappa shape index (κ2) is 6.30. The van der Waals surface area contributed by atoms with Crippen molar-refractivity contribution in [3.05, 3.63) is 0 Å². The molecular formula is C5H11BrO3S2. The van der Waals surface area contributed by atoms with Crippen LogP contribution in [0.3, 0.4) is 0 Å². The van der Waals surface area contributed by atoms with Crippen molar-refractivity contribution in [2.75, 3.05) is 31.4 Å². The molecule has 0 heterocycles. The monoisotopic (exact) mass is 262 g/mol. The van der Waals surface area contributed by atoms with E-state index in [4.69, 9.17) is 4.74 Å². The molecule has 0 aliphatic heterocycles. The van der Waals surface area contributed by atoms with Crippen LogP contribution in [0.25, 0.3) is 0 Å². The third-order valence-corrected chi connectivity index (χ3v) is 3.36. The molecule has 3 nitrogen and oxygen atoms in total. The van der Waals surface area contributed by atoms with Gasteiger partial charge in [-0.1, -0.05) is 15.9 Å². The van der Waals surface area contributed by atoms with E-state index in [1.807, 2.05) is 0 Å². The maximum Gasteiger partial charge on any atom is 0.146 e. The Morgan fingerprint density at radius 2 is 2.18 bits per heavy atom. The van der Waals surface area contributed by atoms with Crippen LogP contribution in [0, 0.1) is 0 Å². The van der Waals surface area contributed by atoms with Crippen LogP contribution in [0.2, 0.25) is 0 Å². The van der Waals surface area contributed by atoms with Crippen molar-refractivity contribution in [2.24, 2.45) is 0 Å². The van der Waals surface area contributed by atoms with Gasteiger partial charge in [-0.05, 0) is 0 Å². The molecule has 11 heavy (non-hydrogen) atoms. The second-order valence-corrected chi connectivity index (χ2v) is 5.90. The lowest BCUT2D eigenvalue weighted by atomic mass is 10.8. The zero-order valence-electron chi connectivity index (χ0n) is 6.25. The van der Waals surface area contributed by atoms with E-state index < -0.39 is 8.77 Å². The molecular weight excluding hydrogens is 252 g/mol. The summed E-state index contributed by atoms with van der Waals surface area (Å²) in [6.45, 7) is 0.996. The van der Waals surface area contributed by atoms with E-state index in [0.29, 0.717) is 13.2 Å². The van der Waals surface area contributed by atoms with Crippen molar-refractivity contribution in [1.82, 2.24) is 0 Å². The van der Waals surface area contributed by atoms with Crippen LogP contribution in [0.4, 0.5) is 0 Å². The van der Waals surface area contributed by atoms with Gasteiger partial charge >= 0.3 is 0 Å². The molecule has 0 aliphatic carbocycles. The molecule has 0 aromatic carbocycles. The predicted molar refractivity (Wildman–Crippen MR) is 52.0 cm³/mol. The van der Waals surface area contributed by atoms with E-state index in [0.717, 1.165) is 5.33 Å². The van der Waals surface area contributed by atoms with E-state index in [1.165, 1.54) is 7.11 Å².